The van der Waals surface area contributed by atoms with Gasteiger partial charge >= 0.3 is 0 Å². The molecule has 4 heterocycles. The molecule has 0 aliphatic carbocycles. The minimum atomic E-state index is 0.599. The van der Waals surface area contributed by atoms with E-state index in [1.165, 1.54) is 0 Å². The van der Waals surface area contributed by atoms with Crippen molar-refractivity contribution in [1.29, 1.82) is 0 Å². The van der Waals surface area contributed by atoms with Crippen LogP contribution < -0.4 is 0 Å². The van der Waals surface area contributed by atoms with Gasteiger partial charge in [0.05, 0.1) is 12.1 Å². The summed E-state index contributed by atoms with van der Waals surface area (Å²) in [5, 5.41) is 9.58. The van der Waals surface area contributed by atoms with Crippen LogP contribution in [0.15, 0.2) is 67.4 Å². The van der Waals surface area contributed by atoms with Gasteiger partial charge < -0.3 is 0 Å². The van der Waals surface area contributed by atoms with Gasteiger partial charge in [-0.3, -0.25) is 9.55 Å². The number of rotatable bonds is 3. The zero-order chi connectivity index (χ0) is 16.6. The highest BCUT2D eigenvalue weighted by atomic mass is 15.4. The Labute approximate surface area is 142 Å². The van der Waals surface area contributed by atoms with E-state index >= 15 is 0 Å². The van der Waals surface area contributed by atoms with Gasteiger partial charge in [-0.05, 0) is 35.9 Å². The molecule has 0 saturated heterocycles. The van der Waals surface area contributed by atoms with Crippen molar-refractivity contribution in [2.24, 2.45) is 0 Å². The number of imidazole rings is 1. The summed E-state index contributed by atoms with van der Waals surface area (Å²) in [6.45, 7) is 0.599. The molecule has 1 aromatic carbocycles. The SMILES string of the molecule is c1cnc2ccc(Cn3nnc4ccc(-n5ccnc5)nc43)cc2c1. The topological polar surface area (TPSA) is 74.3 Å². The van der Waals surface area contributed by atoms with Crippen LogP contribution >= 0.6 is 0 Å². The second-order valence-corrected chi connectivity index (χ2v) is 5.76. The summed E-state index contributed by atoms with van der Waals surface area (Å²) in [6, 6.07) is 14.0. The fourth-order valence-corrected chi connectivity index (χ4v) is 2.88. The van der Waals surface area contributed by atoms with Crippen molar-refractivity contribution in [3.05, 3.63) is 72.9 Å². The summed E-state index contributed by atoms with van der Waals surface area (Å²) in [5.41, 5.74) is 3.63. The first-order valence-corrected chi connectivity index (χ1v) is 7.89. The van der Waals surface area contributed by atoms with Crippen LogP contribution in [-0.4, -0.2) is 34.5 Å². The average Bonchev–Trinajstić information content (AvgIpc) is 3.32. The molecule has 0 aliphatic heterocycles. The van der Waals surface area contributed by atoms with Gasteiger partial charge in [-0.25, -0.2) is 14.6 Å². The summed E-state index contributed by atoms with van der Waals surface area (Å²) < 4.78 is 3.67. The first-order chi connectivity index (χ1) is 12.4. The van der Waals surface area contributed by atoms with Gasteiger partial charge in [0, 0.05) is 24.0 Å². The molecule has 25 heavy (non-hydrogen) atoms. The summed E-state index contributed by atoms with van der Waals surface area (Å²) in [4.78, 5) is 13.1. The van der Waals surface area contributed by atoms with Crippen LogP contribution in [0, 0.1) is 0 Å². The highest BCUT2D eigenvalue weighted by Gasteiger charge is 2.09. The maximum Gasteiger partial charge on any atom is 0.180 e. The van der Waals surface area contributed by atoms with Crippen molar-refractivity contribution in [3.8, 4) is 5.82 Å². The Morgan fingerprint density at radius 3 is 2.84 bits per heavy atom. The van der Waals surface area contributed by atoms with Gasteiger partial charge in [0.25, 0.3) is 0 Å². The third-order valence-electron chi connectivity index (χ3n) is 4.11. The fourth-order valence-electron chi connectivity index (χ4n) is 2.88. The summed E-state index contributed by atoms with van der Waals surface area (Å²) in [7, 11) is 0. The van der Waals surface area contributed by atoms with E-state index in [-0.39, 0.29) is 0 Å². The quantitative estimate of drug-likeness (QED) is 0.509. The van der Waals surface area contributed by atoms with Crippen LogP contribution in [0.3, 0.4) is 0 Å². The monoisotopic (exact) mass is 327 g/mol. The van der Waals surface area contributed by atoms with E-state index in [1.54, 1.807) is 18.7 Å². The third-order valence-corrected chi connectivity index (χ3v) is 4.11. The maximum absolute atomic E-state index is 4.68. The first-order valence-electron chi connectivity index (χ1n) is 7.89. The normalized spacial score (nSPS) is 11.4. The largest absolute Gasteiger partial charge is 0.290 e. The fraction of sp³-hybridized carbons (Fsp3) is 0.0556. The smallest absolute Gasteiger partial charge is 0.180 e. The average molecular weight is 327 g/mol. The van der Waals surface area contributed by atoms with E-state index in [0.717, 1.165) is 33.4 Å². The minimum Gasteiger partial charge on any atom is -0.290 e. The van der Waals surface area contributed by atoms with Crippen molar-refractivity contribution >= 4 is 22.1 Å². The molecule has 5 rings (SSSR count). The molecule has 7 heteroatoms. The van der Waals surface area contributed by atoms with Crippen LogP contribution in [0.4, 0.5) is 0 Å². The lowest BCUT2D eigenvalue weighted by Gasteiger charge is -2.05. The second-order valence-electron chi connectivity index (χ2n) is 5.76. The second kappa shape index (κ2) is 5.48. The van der Waals surface area contributed by atoms with E-state index < -0.39 is 0 Å². The Balaban J connectivity index is 1.56. The van der Waals surface area contributed by atoms with Crippen LogP contribution in [0.25, 0.3) is 27.9 Å². The predicted molar refractivity (Wildman–Crippen MR) is 93.3 cm³/mol. The first kappa shape index (κ1) is 13.8. The lowest BCUT2D eigenvalue weighted by atomic mass is 10.1. The molecule has 5 aromatic rings. The molecule has 4 aromatic heterocycles. The molecule has 0 atom stereocenters. The van der Waals surface area contributed by atoms with E-state index in [2.05, 4.69) is 43.5 Å². The van der Waals surface area contributed by atoms with E-state index in [1.807, 2.05) is 39.7 Å². The van der Waals surface area contributed by atoms with Gasteiger partial charge in [-0.1, -0.05) is 17.3 Å². The van der Waals surface area contributed by atoms with E-state index in [4.69, 9.17) is 0 Å². The molecule has 0 radical (unpaired) electrons. The number of pyridine rings is 2. The minimum absolute atomic E-state index is 0.599. The molecule has 0 N–H and O–H groups in total. The maximum atomic E-state index is 4.68. The van der Waals surface area contributed by atoms with Crippen LogP contribution in [0.2, 0.25) is 0 Å². The molecular formula is C18H13N7. The Morgan fingerprint density at radius 2 is 1.92 bits per heavy atom. The Kier molecular flexibility index (Phi) is 3.03. The van der Waals surface area contributed by atoms with Crippen molar-refractivity contribution in [3.63, 3.8) is 0 Å². The van der Waals surface area contributed by atoms with Crippen LogP contribution in [-0.2, 0) is 6.54 Å². The number of nitrogens with zero attached hydrogens (tertiary/aromatic N) is 7. The Morgan fingerprint density at radius 1 is 0.960 bits per heavy atom. The molecular weight excluding hydrogens is 314 g/mol. The van der Waals surface area contributed by atoms with Gasteiger partial charge in [0.15, 0.2) is 5.65 Å². The van der Waals surface area contributed by atoms with Crippen molar-refractivity contribution in [2.75, 3.05) is 0 Å². The zero-order valence-electron chi connectivity index (χ0n) is 13.2. The van der Waals surface area contributed by atoms with Crippen LogP contribution in [0.1, 0.15) is 5.56 Å². The Hall–Kier alpha value is -3.61. The van der Waals surface area contributed by atoms with Gasteiger partial charge in [0.2, 0.25) is 0 Å². The highest BCUT2D eigenvalue weighted by Crippen LogP contribution is 2.17. The highest BCUT2D eigenvalue weighted by molar-refractivity contribution is 5.79. The molecule has 0 saturated carbocycles. The lowest BCUT2D eigenvalue weighted by Crippen LogP contribution is -2.04. The van der Waals surface area contributed by atoms with Gasteiger partial charge in [-0.2, -0.15) is 0 Å². The Bertz CT molecular complexity index is 1170. The van der Waals surface area contributed by atoms with E-state index in [9.17, 15) is 0 Å². The summed E-state index contributed by atoms with van der Waals surface area (Å²) in [6.07, 6.45) is 7.11. The van der Waals surface area contributed by atoms with Crippen molar-refractivity contribution < 1.29 is 0 Å². The number of hydrogen-bond acceptors (Lipinski definition) is 5. The molecule has 120 valence electrons. The van der Waals surface area contributed by atoms with Gasteiger partial charge in [0.1, 0.15) is 17.7 Å². The molecule has 0 aliphatic rings. The lowest BCUT2D eigenvalue weighted by molar-refractivity contribution is 0.664. The molecule has 0 amide bonds. The number of benzene rings is 1. The predicted octanol–water partition coefficient (Wildman–Crippen LogP) is 2.61. The number of fused-ring (bicyclic) bond motifs is 2. The molecule has 0 fully saturated rings. The van der Waals surface area contributed by atoms with Gasteiger partial charge in [-0.15, -0.1) is 5.10 Å². The van der Waals surface area contributed by atoms with Crippen molar-refractivity contribution in [2.45, 2.75) is 6.54 Å². The van der Waals surface area contributed by atoms with Crippen molar-refractivity contribution in [1.82, 2.24) is 34.5 Å². The molecule has 0 spiro atoms. The molecule has 0 unspecified atom stereocenters. The molecule has 0 bridgehead atoms. The zero-order valence-corrected chi connectivity index (χ0v) is 13.2. The summed E-state index contributed by atoms with van der Waals surface area (Å²) >= 11 is 0. The number of hydrogen-bond donors (Lipinski definition) is 0. The third kappa shape index (κ3) is 2.42. The van der Waals surface area contributed by atoms with Crippen LogP contribution in [0.5, 0.6) is 0 Å². The summed E-state index contributed by atoms with van der Waals surface area (Å²) in [5.74, 6) is 0.788. The van der Waals surface area contributed by atoms with E-state index in [0.29, 0.717) is 6.54 Å². The molecule has 7 nitrogen and oxygen atoms in total. The number of aromatic nitrogens is 7. The standard InChI is InChI=1S/C18H13N7/c1-2-14-10-13(3-4-15(14)20-7-1)11-25-18-16(22-23-25)5-6-17(21-18)24-9-8-19-12-24/h1-10,12H,11H2.